The van der Waals surface area contributed by atoms with Gasteiger partial charge in [-0.05, 0) is 42.0 Å². The number of imidazole rings is 1. The standard InChI is InChI=1S/C21H16F3N5OS/c22-21(23,24)15-3-1-2-14(10-15)11-26-19(30)18-12-31-20(28-18)27-16-4-6-17(7-5-16)29-9-8-25-13-29/h1-10,12-13H,11H2,(H,26,30)(H,27,28). The highest BCUT2D eigenvalue weighted by molar-refractivity contribution is 7.14. The van der Waals surface area contributed by atoms with Crippen molar-refractivity contribution in [3.8, 4) is 5.69 Å². The number of nitrogens with one attached hydrogen (secondary N) is 2. The Labute approximate surface area is 179 Å². The Bertz CT molecular complexity index is 1170. The Morgan fingerprint density at radius 2 is 1.94 bits per heavy atom. The highest BCUT2D eigenvalue weighted by Crippen LogP contribution is 2.29. The van der Waals surface area contributed by atoms with Gasteiger partial charge in [0, 0.05) is 35.7 Å². The van der Waals surface area contributed by atoms with Gasteiger partial charge in [0.15, 0.2) is 5.13 Å². The van der Waals surface area contributed by atoms with E-state index < -0.39 is 17.6 Å². The predicted octanol–water partition coefficient (Wildman–Crippen LogP) is 5.02. The summed E-state index contributed by atoms with van der Waals surface area (Å²) < 4.78 is 40.3. The zero-order valence-corrected chi connectivity index (χ0v) is 16.7. The van der Waals surface area contributed by atoms with Crippen LogP contribution in [0.15, 0.2) is 72.6 Å². The number of thiazole rings is 1. The van der Waals surface area contributed by atoms with Crippen molar-refractivity contribution in [1.82, 2.24) is 19.9 Å². The Morgan fingerprint density at radius 3 is 2.65 bits per heavy atom. The van der Waals surface area contributed by atoms with Crippen LogP contribution in [0.3, 0.4) is 0 Å². The van der Waals surface area contributed by atoms with E-state index in [1.54, 1.807) is 17.9 Å². The Balaban J connectivity index is 1.36. The van der Waals surface area contributed by atoms with E-state index in [-0.39, 0.29) is 12.2 Å². The molecule has 0 aliphatic rings. The van der Waals surface area contributed by atoms with Crippen LogP contribution in [0.5, 0.6) is 0 Å². The molecule has 0 fully saturated rings. The van der Waals surface area contributed by atoms with Crippen molar-refractivity contribution in [2.75, 3.05) is 5.32 Å². The summed E-state index contributed by atoms with van der Waals surface area (Å²) in [4.78, 5) is 20.6. The molecule has 1 amide bonds. The lowest BCUT2D eigenvalue weighted by Crippen LogP contribution is -2.23. The highest BCUT2D eigenvalue weighted by Gasteiger charge is 2.30. The van der Waals surface area contributed by atoms with Gasteiger partial charge in [-0.1, -0.05) is 12.1 Å². The molecule has 4 aromatic rings. The Kier molecular flexibility index (Phi) is 5.72. The molecule has 0 unspecified atom stereocenters. The molecule has 2 heterocycles. The maximum Gasteiger partial charge on any atom is 0.416 e. The van der Waals surface area contributed by atoms with E-state index in [9.17, 15) is 18.0 Å². The molecular weight excluding hydrogens is 427 g/mol. The smallest absolute Gasteiger partial charge is 0.347 e. The number of aromatic nitrogens is 3. The van der Waals surface area contributed by atoms with Crippen LogP contribution in [0.25, 0.3) is 5.69 Å². The summed E-state index contributed by atoms with van der Waals surface area (Å²) >= 11 is 1.26. The van der Waals surface area contributed by atoms with Crippen LogP contribution in [0, 0.1) is 0 Å². The SMILES string of the molecule is O=C(NCc1cccc(C(F)(F)F)c1)c1csc(Nc2ccc(-n3ccnc3)cc2)n1. The zero-order chi connectivity index (χ0) is 21.8. The summed E-state index contributed by atoms with van der Waals surface area (Å²) in [6.07, 6.45) is 0.814. The number of halogens is 3. The first-order chi connectivity index (χ1) is 14.9. The average Bonchev–Trinajstić information content (AvgIpc) is 3.45. The van der Waals surface area contributed by atoms with E-state index in [0.717, 1.165) is 23.5 Å². The number of anilines is 2. The molecule has 0 bridgehead atoms. The first-order valence-electron chi connectivity index (χ1n) is 9.14. The van der Waals surface area contributed by atoms with Gasteiger partial charge in [0.1, 0.15) is 5.69 Å². The van der Waals surface area contributed by atoms with E-state index in [2.05, 4.69) is 20.6 Å². The second-order valence-corrected chi connectivity index (χ2v) is 7.42. The summed E-state index contributed by atoms with van der Waals surface area (Å²) in [5.74, 6) is -0.461. The largest absolute Gasteiger partial charge is 0.416 e. The lowest BCUT2D eigenvalue weighted by atomic mass is 10.1. The van der Waals surface area contributed by atoms with Crippen molar-refractivity contribution in [2.45, 2.75) is 12.7 Å². The minimum absolute atomic E-state index is 0.0290. The van der Waals surface area contributed by atoms with Gasteiger partial charge in [-0.15, -0.1) is 11.3 Å². The molecule has 10 heteroatoms. The fourth-order valence-corrected chi connectivity index (χ4v) is 3.53. The van der Waals surface area contributed by atoms with E-state index in [0.29, 0.717) is 10.7 Å². The number of carbonyl (C=O) groups excluding carboxylic acids is 1. The van der Waals surface area contributed by atoms with Crippen LogP contribution in [-0.2, 0) is 12.7 Å². The molecule has 0 saturated heterocycles. The van der Waals surface area contributed by atoms with Crippen molar-refractivity contribution in [3.05, 3.63) is 89.5 Å². The van der Waals surface area contributed by atoms with Crippen molar-refractivity contribution in [3.63, 3.8) is 0 Å². The molecular formula is C21H16F3N5OS. The Hall–Kier alpha value is -3.66. The fourth-order valence-electron chi connectivity index (χ4n) is 2.82. The molecule has 0 spiro atoms. The maximum absolute atomic E-state index is 12.8. The number of alkyl halides is 3. The third-order valence-corrected chi connectivity index (χ3v) is 5.12. The number of amides is 1. The van der Waals surface area contributed by atoms with Crippen molar-refractivity contribution in [2.24, 2.45) is 0 Å². The van der Waals surface area contributed by atoms with Crippen molar-refractivity contribution >= 4 is 28.1 Å². The van der Waals surface area contributed by atoms with Crippen molar-refractivity contribution in [1.29, 1.82) is 0 Å². The number of nitrogens with zero attached hydrogens (tertiary/aromatic N) is 3. The van der Waals surface area contributed by atoms with Crippen LogP contribution in [0.2, 0.25) is 0 Å². The molecule has 6 nitrogen and oxygen atoms in total. The van der Waals surface area contributed by atoms with Crippen LogP contribution < -0.4 is 10.6 Å². The second kappa shape index (κ2) is 8.60. The predicted molar refractivity (Wildman–Crippen MR) is 112 cm³/mol. The van der Waals surface area contributed by atoms with E-state index in [1.807, 2.05) is 35.0 Å². The van der Waals surface area contributed by atoms with Crippen LogP contribution in [0.4, 0.5) is 24.0 Å². The summed E-state index contributed by atoms with van der Waals surface area (Å²) in [5, 5.41) is 7.84. The van der Waals surface area contributed by atoms with Crippen LogP contribution in [-0.4, -0.2) is 20.4 Å². The van der Waals surface area contributed by atoms with Gasteiger partial charge in [-0.25, -0.2) is 9.97 Å². The molecule has 158 valence electrons. The normalized spacial score (nSPS) is 11.3. The third kappa shape index (κ3) is 5.10. The summed E-state index contributed by atoms with van der Waals surface area (Å²) in [6, 6.07) is 12.4. The molecule has 2 aromatic carbocycles. The fraction of sp³-hybridized carbons (Fsp3) is 0.0952. The molecule has 2 aromatic heterocycles. The Morgan fingerprint density at radius 1 is 1.13 bits per heavy atom. The molecule has 0 atom stereocenters. The maximum atomic E-state index is 12.8. The molecule has 0 aliphatic heterocycles. The topological polar surface area (TPSA) is 71.8 Å². The quantitative estimate of drug-likeness (QED) is 0.439. The lowest BCUT2D eigenvalue weighted by Gasteiger charge is -2.09. The molecule has 0 aliphatic carbocycles. The summed E-state index contributed by atoms with van der Waals surface area (Å²) in [6.45, 7) is -0.0290. The van der Waals surface area contributed by atoms with Gasteiger partial charge in [-0.3, -0.25) is 4.79 Å². The van der Waals surface area contributed by atoms with Gasteiger partial charge in [0.05, 0.1) is 11.9 Å². The molecule has 0 saturated carbocycles. The third-order valence-electron chi connectivity index (χ3n) is 4.37. The number of hydrogen-bond donors (Lipinski definition) is 2. The van der Waals surface area contributed by atoms with Gasteiger partial charge in [-0.2, -0.15) is 13.2 Å². The summed E-state index contributed by atoms with van der Waals surface area (Å²) in [5.41, 5.74) is 1.55. The molecule has 2 N–H and O–H groups in total. The van der Waals surface area contributed by atoms with Crippen molar-refractivity contribution < 1.29 is 18.0 Å². The zero-order valence-electron chi connectivity index (χ0n) is 15.9. The second-order valence-electron chi connectivity index (χ2n) is 6.56. The average molecular weight is 443 g/mol. The first-order valence-corrected chi connectivity index (χ1v) is 10.0. The van der Waals surface area contributed by atoms with Gasteiger partial charge in [0.25, 0.3) is 5.91 Å². The van der Waals surface area contributed by atoms with E-state index in [1.165, 1.54) is 23.5 Å². The van der Waals surface area contributed by atoms with E-state index in [4.69, 9.17) is 0 Å². The monoisotopic (exact) mass is 443 g/mol. The highest BCUT2D eigenvalue weighted by atomic mass is 32.1. The van der Waals surface area contributed by atoms with Gasteiger partial charge < -0.3 is 15.2 Å². The number of benzene rings is 2. The first kappa shape index (κ1) is 20.6. The minimum atomic E-state index is -4.42. The number of carbonyl (C=O) groups is 1. The number of hydrogen-bond acceptors (Lipinski definition) is 5. The lowest BCUT2D eigenvalue weighted by molar-refractivity contribution is -0.137. The molecule has 0 radical (unpaired) electrons. The molecule has 4 rings (SSSR count). The van der Waals surface area contributed by atoms with Crippen LogP contribution in [0.1, 0.15) is 21.6 Å². The van der Waals surface area contributed by atoms with Gasteiger partial charge >= 0.3 is 6.18 Å². The minimum Gasteiger partial charge on any atom is -0.347 e. The molecule has 31 heavy (non-hydrogen) atoms. The van der Waals surface area contributed by atoms with Gasteiger partial charge in [0.2, 0.25) is 0 Å². The van der Waals surface area contributed by atoms with E-state index >= 15 is 0 Å². The van der Waals surface area contributed by atoms with Crippen LogP contribution >= 0.6 is 11.3 Å². The number of rotatable bonds is 6. The summed E-state index contributed by atoms with van der Waals surface area (Å²) in [7, 11) is 0.